The highest BCUT2D eigenvalue weighted by Gasteiger charge is 2.13. The number of rotatable bonds is 6. The molecule has 4 nitrogen and oxygen atoms in total. The minimum atomic E-state index is 0.628. The van der Waals surface area contributed by atoms with Crippen molar-refractivity contribution in [1.29, 1.82) is 5.26 Å². The monoisotopic (exact) mass is 370 g/mol. The Morgan fingerprint density at radius 2 is 2.17 bits per heavy atom. The summed E-state index contributed by atoms with van der Waals surface area (Å²) in [6.45, 7) is 1.99. The number of aromatic nitrogens is 2. The molecule has 2 heterocycles. The van der Waals surface area contributed by atoms with Crippen LogP contribution in [0.2, 0.25) is 0 Å². The van der Waals surface area contributed by atoms with Crippen LogP contribution in [0, 0.1) is 18.3 Å². The van der Waals surface area contributed by atoms with Crippen molar-refractivity contribution >= 4 is 46.4 Å². The largest absolute Gasteiger partial charge is 0.362 e. The van der Waals surface area contributed by atoms with Gasteiger partial charge in [-0.1, -0.05) is 30.0 Å². The number of nitriles is 1. The first-order valence-electron chi connectivity index (χ1n) is 7.18. The standard InChI is InChI=1S/C17H14N4S3/c1-12-20-14(10-22-12)11-23-17-15(9-18)16(24-21-17)7-8-19-13-5-3-2-4-6-13/h2-8,10,19H,11H2,1H3. The molecular formula is C17H14N4S3. The van der Waals surface area contributed by atoms with E-state index in [1.54, 1.807) is 23.1 Å². The number of hydrogen-bond donors (Lipinski definition) is 1. The van der Waals surface area contributed by atoms with Crippen LogP contribution in [0.3, 0.4) is 0 Å². The minimum absolute atomic E-state index is 0.628. The molecule has 0 unspecified atom stereocenters. The molecule has 0 aliphatic heterocycles. The van der Waals surface area contributed by atoms with Crippen molar-refractivity contribution < 1.29 is 0 Å². The van der Waals surface area contributed by atoms with Crippen molar-refractivity contribution in [3.63, 3.8) is 0 Å². The molecule has 0 radical (unpaired) electrons. The van der Waals surface area contributed by atoms with Crippen LogP contribution in [-0.2, 0) is 5.75 Å². The number of para-hydroxylation sites is 1. The van der Waals surface area contributed by atoms with E-state index in [0.29, 0.717) is 5.56 Å². The maximum Gasteiger partial charge on any atom is 0.129 e. The fraction of sp³-hybridized carbons (Fsp3) is 0.118. The van der Waals surface area contributed by atoms with Crippen LogP contribution < -0.4 is 5.32 Å². The fourth-order valence-corrected chi connectivity index (χ4v) is 4.44. The zero-order chi connectivity index (χ0) is 16.8. The Bertz CT molecular complexity index is 875. The van der Waals surface area contributed by atoms with Crippen LogP contribution in [-0.4, -0.2) is 9.36 Å². The molecule has 7 heteroatoms. The van der Waals surface area contributed by atoms with Gasteiger partial charge in [-0.15, -0.1) is 11.3 Å². The summed E-state index contributed by atoms with van der Waals surface area (Å²) in [7, 11) is 0. The van der Waals surface area contributed by atoms with Gasteiger partial charge in [0.15, 0.2) is 0 Å². The Labute approximate surface area is 153 Å². The van der Waals surface area contributed by atoms with Crippen LogP contribution >= 0.6 is 34.6 Å². The van der Waals surface area contributed by atoms with E-state index in [4.69, 9.17) is 0 Å². The molecule has 0 aliphatic carbocycles. The van der Waals surface area contributed by atoms with Gasteiger partial charge >= 0.3 is 0 Å². The van der Waals surface area contributed by atoms with Gasteiger partial charge in [-0.2, -0.15) is 9.64 Å². The highest BCUT2D eigenvalue weighted by Crippen LogP contribution is 2.30. The number of nitrogens with zero attached hydrogens (tertiary/aromatic N) is 3. The molecule has 0 aliphatic rings. The first kappa shape index (κ1) is 16.7. The van der Waals surface area contributed by atoms with Crippen molar-refractivity contribution in [2.24, 2.45) is 0 Å². The van der Waals surface area contributed by atoms with E-state index in [0.717, 1.165) is 32.0 Å². The molecule has 0 fully saturated rings. The average molecular weight is 371 g/mol. The molecule has 120 valence electrons. The lowest BCUT2D eigenvalue weighted by Gasteiger charge is -1.98. The highest BCUT2D eigenvalue weighted by atomic mass is 32.2. The van der Waals surface area contributed by atoms with E-state index in [1.165, 1.54) is 11.5 Å². The van der Waals surface area contributed by atoms with Crippen LogP contribution in [0.4, 0.5) is 5.69 Å². The molecule has 1 N–H and O–H groups in total. The van der Waals surface area contributed by atoms with Crippen molar-refractivity contribution in [3.05, 3.63) is 63.1 Å². The van der Waals surface area contributed by atoms with Gasteiger partial charge in [0.05, 0.1) is 15.6 Å². The van der Waals surface area contributed by atoms with Crippen molar-refractivity contribution in [2.75, 3.05) is 5.32 Å². The predicted octanol–water partition coefficient (Wildman–Crippen LogP) is 5.15. The molecular weight excluding hydrogens is 356 g/mol. The van der Waals surface area contributed by atoms with E-state index in [1.807, 2.05) is 54.9 Å². The van der Waals surface area contributed by atoms with Crippen LogP contribution in [0.1, 0.15) is 21.1 Å². The highest BCUT2D eigenvalue weighted by molar-refractivity contribution is 7.98. The predicted molar refractivity (Wildman–Crippen MR) is 102 cm³/mol. The molecule has 3 rings (SSSR count). The van der Waals surface area contributed by atoms with Crippen LogP contribution in [0.15, 0.2) is 46.9 Å². The summed E-state index contributed by atoms with van der Waals surface area (Å²) in [4.78, 5) is 5.30. The van der Waals surface area contributed by atoms with Crippen LogP contribution in [0.5, 0.6) is 0 Å². The third kappa shape index (κ3) is 4.23. The first-order valence-corrected chi connectivity index (χ1v) is 9.82. The van der Waals surface area contributed by atoms with Crippen LogP contribution in [0.25, 0.3) is 6.08 Å². The Morgan fingerprint density at radius 3 is 2.88 bits per heavy atom. The molecule has 2 aromatic heterocycles. The average Bonchev–Trinajstić information content (AvgIpc) is 3.19. The van der Waals surface area contributed by atoms with Gasteiger partial charge in [0.2, 0.25) is 0 Å². The summed E-state index contributed by atoms with van der Waals surface area (Å²) < 4.78 is 4.41. The lowest BCUT2D eigenvalue weighted by atomic mass is 10.3. The molecule has 24 heavy (non-hydrogen) atoms. The van der Waals surface area contributed by atoms with Gasteiger partial charge in [0, 0.05) is 23.0 Å². The molecule has 0 atom stereocenters. The van der Waals surface area contributed by atoms with Gasteiger partial charge in [-0.25, -0.2) is 4.98 Å². The zero-order valence-electron chi connectivity index (χ0n) is 12.9. The zero-order valence-corrected chi connectivity index (χ0v) is 15.3. The molecule has 0 saturated carbocycles. The van der Waals surface area contributed by atoms with E-state index in [9.17, 15) is 5.26 Å². The second-order valence-electron chi connectivity index (χ2n) is 4.83. The van der Waals surface area contributed by atoms with Gasteiger partial charge in [-0.05, 0) is 36.7 Å². The Kier molecular flexibility index (Phi) is 5.64. The van der Waals surface area contributed by atoms with Gasteiger partial charge in [0.25, 0.3) is 0 Å². The molecule has 0 spiro atoms. The summed E-state index contributed by atoms with van der Waals surface area (Å²) in [5, 5.41) is 16.5. The summed E-state index contributed by atoms with van der Waals surface area (Å²) >= 11 is 4.53. The quantitative estimate of drug-likeness (QED) is 0.608. The van der Waals surface area contributed by atoms with E-state index >= 15 is 0 Å². The van der Waals surface area contributed by atoms with Gasteiger partial charge < -0.3 is 5.32 Å². The van der Waals surface area contributed by atoms with E-state index in [2.05, 4.69) is 20.7 Å². The summed E-state index contributed by atoms with van der Waals surface area (Å²) in [6, 6.07) is 12.1. The number of anilines is 1. The third-order valence-corrected chi connectivity index (χ3v) is 5.84. The fourth-order valence-electron chi connectivity index (χ4n) is 1.97. The number of hydrogen-bond acceptors (Lipinski definition) is 7. The molecule has 0 bridgehead atoms. The normalized spacial score (nSPS) is 10.8. The molecule has 0 amide bonds. The van der Waals surface area contributed by atoms with Crippen molar-refractivity contribution in [1.82, 2.24) is 9.36 Å². The van der Waals surface area contributed by atoms with E-state index < -0.39 is 0 Å². The summed E-state index contributed by atoms with van der Waals surface area (Å²) in [6.07, 6.45) is 3.72. The topological polar surface area (TPSA) is 61.6 Å². The number of benzene rings is 1. The van der Waals surface area contributed by atoms with Gasteiger partial charge in [-0.3, -0.25) is 0 Å². The number of nitrogens with one attached hydrogen (secondary N) is 1. The third-order valence-electron chi connectivity index (χ3n) is 3.08. The van der Waals surface area contributed by atoms with Crippen molar-refractivity contribution in [2.45, 2.75) is 17.7 Å². The first-order chi connectivity index (χ1) is 11.8. The Balaban J connectivity index is 1.66. The lowest BCUT2D eigenvalue weighted by Crippen LogP contribution is -1.86. The summed E-state index contributed by atoms with van der Waals surface area (Å²) in [5.41, 5.74) is 2.66. The smallest absolute Gasteiger partial charge is 0.129 e. The number of thiazole rings is 1. The Hall–Kier alpha value is -2.14. The SMILES string of the molecule is Cc1nc(CSc2nsc(C=CNc3ccccc3)c2C#N)cs1. The number of thioether (sulfide) groups is 1. The van der Waals surface area contributed by atoms with E-state index in [-0.39, 0.29) is 0 Å². The minimum Gasteiger partial charge on any atom is -0.362 e. The molecule has 0 saturated heterocycles. The maximum atomic E-state index is 9.44. The molecule has 3 aromatic rings. The second kappa shape index (κ2) is 8.11. The number of aryl methyl sites for hydroxylation is 1. The van der Waals surface area contributed by atoms with Crippen molar-refractivity contribution in [3.8, 4) is 6.07 Å². The van der Waals surface area contributed by atoms with Gasteiger partial charge in [0.1, 0.15) is 16.7 Å². The second-order valence-corrected chi connectivity index (χ2v) is 7.66. The maximum absolute atomic E-state index is 9.44. The lowest BCUT2D eigenvalue weighted by molar-refractivity contribution is 1.17. The molecule has 1 aromatic carbocycles. The Morgan fingerprint density at radius 1 is 1.33 bits per heavy atom. The summed E-state index contributed by atoms with van der Waals surface area (Å²) in [5.74, 6) is 0.730.